The van der Waals surface area contributed by atoms with E-state index in [2.05, 4.69) is 17.1 Å². The molecule has 1 aliphatic rings. The summed E-state index contributed by atoms with van der Waals surface area (Å²) >= 11 is 6.14. The quantitative estimate of drug-likeness (QED) is 0.621. The third kappa shape index (κ3) is 4.18. The van der Waals surface area contributed by atoms with Crippen LogP contribution >= 0.6 is 11.6 Å². The zero-order valence-corrected chi connectivity index (χ0v) is 16.2. The summed E-state index contributed by atoms with van der Waals surface area (Å²) in [5, 5.41) is 0.488. The SMILES string of the molecule is O=C(c1ccc(-c2ccccc2)cc1)N1CCCC(Oc2ccncc2Cl)C1. The van der Waals surface area contributed by atoms with Crippen molar-refractivity contribution in [3.63, 3.8) is 0 Å². The van der Waals surface area contributed by atoms with E-state index in [4.69, 9.17) is 16.3 Å². The number of likely N-dealkylation sites (tertiary alicyclic amines) is 1. The Bertz CT molecular complexity index is 944. The van der Waals surface area contributed by atoms with E-state index in [0.29, 0.717) is 22.9 Å². The van der Waals surface area contributed by atoms with Gasteiger partial charge in [-0.1, -0.05) is 54.1 Å². The largest absolute Gasteiger partial charge is 0.487 e. The fourth-order valence-electron chi connectivity index (χ4n) is 3.47. The number of hydrogen-bond acceptors (Lipinski definition) is 3. The molecule has 1 aromatic heterocycles. The lowest BCUT2D eigenvalue weighted by molar-refractivity contribution is 0.0538. The molecule has 0 spiro atoms. The Morgan fingerprint density at radius 2 is 1.79 bits per heavy atom. The second-order valence-corrected chi connectivity index (χ2v) is 7.29. The molecule has 28 heavy (non-hydrogen) atoms. The van der Waals surface area contributed by atoms with Gasteiger partial charge in [0.2, 0.25) is 0 Å². The van der Waals surface area contributed by atoms with E-state index in [-0.39, 0.29) is 12.0 Å². The highest BCUT2D eigenvalue weighted by Gasteiger charge is 2.26. The Balaban J connectivity index is 1.43. The summed E-state index contributed by atoms with van der Waals surface area (Å²) in [6.07, 6.45) is 4.95. The van der Waals surface area contributed by atoms with Gasteiger partial charge in [-0.05, 0) is 36.1 Å². The molecule has 0 bridgehead atoms. The van der Waals surface area contributed by atoms with Crippen LogP contribution in [0.3, 0.4) is 0 Å². The lowest BCUT2D eigenvalue weighted by atomic mass is 10.0. The van der Waals surface area contributed by atoms with Crippen molar-refractivity contribution in [3.8, 4) is 16.9 Å². The predicted octanol–water partition coefficient (Wildman–Crippen LogP) is 5.09. The Morgan fingerprint density at radius 3 is 2.54 bits per heavy atom. The van der Waals surface area contributed by atoms with Crippen molar-refractivity contribution in [1.29, 1.82) is 0 Å². The minimum absolute atomic E-state index is 0.0359. The number of piperidine rings is 1. The molecule has 3 aromatic rings. The lowest BCUT2D eigenvalue weighted by Crippen LogP contribution is -2.44. The van der Waals surface area contributed by atoms with Crippen molar-refractivity contribution < 1.29 is 9.53 Å². The van der Waals surface area contributed by atoms with Gasteiger partial charge in [0.25, 0.3) is 5.91 Å². The van der Waals surface area contributed by atoms with Crippen molar-refractivity contribution in [2.45, 2.75) is 18.9 Å². The molecule has 5 heteroatoms. The first-order valence-electron chi connectivity index (χ1n) is 9.41. The van der Waals surface area contributed by atoms with Crippen molar-refractivity contribution >= 4 is 17.5 Å². The molecule has 142 valence electrons. The molecular formula is C23H21ClN2O2. The van der Waals surface area contributed by atoms with Gasteiger partial charge in [-0.2, -0.15) is 0 Å². The second kappa shape index (κ2) is 8.44. The molecule has 1 aliphatic heterocycles. The second-order valence-electron chi connectivity index (χ2n) is 6.88. The van der Waals surface area contributed by atoms with Gasteiger partial charge in [0, 0.05) is 30.6 Å². The normalized spacial score (nSPS) is 16.6. The molecule has 2 aromatic carbocycles. The summed E-state index contributed by atoms with van der Waals surface area (Å²) in [5.41, 5.74) is 2.94. The van der Waals surface area contributed by atoms with Crippen LogP contribution in [0.2, 0.25) is 5.02 Å². The first kappa shape index (κ1) is 18.5. The molecule has 2 heterocycles. The number of amides is 1. The van der Waals surface area contributed by atoms with Gasteiger partial charge in [-0.25, -0.2) is 0 Å². The third-order valence-electron chi connectivity index (χ3n) is 4.93. The van der Waals surface area contributed by atoms with Crippen LogP contribution in [0.1, 0.15) is 23.2 Å². The number of nitrogens with zero attached hydrogens (tertiary/aromatic N) is 2. The molecule has 1 atom stereocenters. The van der Waals surface area contributed by atoms with E-state index in [0.717, 1.165) is 30.5 Å². The Morgan fingerprint density at radius 1 is 1.04 bits per heavy atom. The number of halogens is 1. The van der Waals surface area contributed by atoms with E-state index in [1.165, 1.54) is 0 Å². The maximum atomic E-state index is 12.9. The fourth-order valence-corrected chi connectivity index (χ4v) is 3.64. The highest BCUT2D eigenvalue weighted by Crippen LogP contribution is 2.26. The summed E-state index contributed by atoms with van der Waals surface area (Å²) in [7, 11) is 0. The maximum Gasteiger partial charge on any atom is 0.253 e. The van der Waals surface area contributed by atoms with Crippen LogP contribution in [0, 0.1) is 0 Å². The van der Waals surface area contributed by atoms with Crippen LogP contribution in [0.25, 0.3) is 11.1 Å². The number of carbonyl (C=O) groups is 1. The van der Waals surface area contributed by atoms with E-state index in [1.54, 1.807) is 18.5 Å². The number of rotatable bonds is 4. The summed E-state index contributed by atoms with van der Waals surface area (Å²) in [6, 6.07) is 19.7. The van der Waals surface area contributed by atoms with E-state index < -0.39 is 0 Å². The van der Waals surface area contributed by atoms with E-state index >= 15 is 0 Å². The molecule has 4 rings (SSSR count). The van der Waals surface area contributed by atoms with Crippen LogP contribution < -0.4 is 4.74 Å². The zero-order valence-electron chi connectivity index (χ0n) is 15.4. The van der Waals surface area contributed by atoms with Crippen molar-refractivity contribution in [2.75, 3.05) is 13.1 Å². The van der Waals surface area contributed by atoms with Crippen molar-refractivity contribution in [3.05, 3.63) is 83.6 Å². The van der Waals surface area contributed by atoms with Crippen LogP contribution in [-0.2, 0) is 0 Å². The summed E-state index contributed by atoms with van der Waals surface area (Å²) in [5.74, 6) is 0.650. The fraction of sp³-hybridized carbons (Fsp3) is 0.217. The van der Waals surface area contributed by atoms with Gasteiger partial charge in [0.15, 0.2) is 0 Å². The number of benzene rings is 2. The topological polar surface area (TPSA) is 42.4 Å². The Hall–Kier alpha value is -2.85. The van der Waals surface area contributed by atoms with Gasteiger partial charge in [0.05, 0.1) is 6.54 Å². The molecule has 0 N–H and O–H groups in total. The molecule has 1 fully saturated rings. The third-order valence-corrected chi connectivity index (χ3v) is 5.22. The first-order chi connectivity index (χ1) is 13.7. The van der Waals surface area contributed by atoms with Crippen LogP contribution in [0.4, 0.5) is 0 Å². The number of hydrogen-bond donors (Lipinski definition) is 0. The summed E-state index contributed by atoms with van der Waals surface area (Å²) in [6.45, 7) is 1.29. The Kier molecular flexibility index (Phi) is 5.58. The molecule has 4 nitrogen and oxygen atoms in total. The molecule has 1 amide bonds. The molecule has 0 saturated carbocycles. The summed E-state index contributed by atoms with van der Waals surface area (Å²) in [4.78, 5) is 18.8. The summed E-state index contributed by atoms with van der Waals surface area (Å²) < 4.78 is 6.01. The highest BCUT2D eigenvalue weighted by molar-refractivity contribution is 6.31. The monoisotopic (exact) mass is 392 g/mol. The molecule has 0 radical (unpaired) electrons. The van der Waals surface area contributed by atoms with Gasteiger partial charge in [0.1, 0.15) is 16.9 Å². The average Bonchev–Trinajstić information content (AvgIpc) is 2.76. The lowest BCUT2D eigenvalue weighted by Gasteiger charge is -2.33. The van der Waals surface area contributed by atoms with E-state index in [9.17, 15) is 4.79 Å². The van der Waals surface area contributed by atoms with Gasteiger partial charge in [-0.3, -0.25) is 9.78 Å². The smallest absolute Gasteiger partial charge is 0.253 e. The number of aromatic nitrogens is 1. The minimum Gasteiger partial charge on any atom is -0.487 e. The molecule has 1 saturated heterocycles. The van der Waals surface area contributed by atoms with Crippen LogP contribution in [-0.4, -0.2) is 35.0 Å². The zero-order chi connectivity index (χ0) is 19.3. The van der Waals surface area contributed by atoms with Gasteiger partial charge in [-0.15, -0.1) is 0 Å². The van der Waals surface area contributed by atoms with Crippen molar-refractivity contribution in [2.24, 2.45) is 0 Å². The molecule has 1 unspecified atom stereocenters. The number of ether oxygens (including phenoxy) is 1. The highest BCUT2D eigenvalue weighted by atomic mass is 35.5. The molecule has 0 aliphatic carbocycles. The number of pyridine rings is 1. The van der Waals surface area contributed by atoms with E-state index in [1.807, 2.05) is 47.4 Å². The van der Waals surface area contributed by atoms with Crippen LogP contribution in [0.5, 0.6) is 5.75 Å². The van der Waals surface area contributed by atoms with Crippen LogP contribution in [0.15, 0.2) is 73.1 Å². The predicted molar refractivity (Wildman–Crippen MR) is 111 cm³/mol. The standard InChI is InChI=1S/C23H21ClN2O2/c24-21-15-25-13-12-22(21)28-20-7-4-14-26(16-20)23(27)19-10-8-18(9-11-19)17-5-2-1-3-6-17/h1-3,5-6,8-13,15,20H,4,7,14,16H2. The Labute approximate surface area is 169 Å². The number of carbonyl (C=O) groups excluding carboxylic acids is 1. The minimum atomic E-state index is -0.0683. The van der Waals surface area contributed by atoms with Crippen molar-refractivity contribution in [1.82, 2.24) is 9.88 Å². The van der Waals surface area contributed by atoms with Gasteiger partial charge < -0.3 is 9.64 Å². The van der Waals surface area contributed by atoms with Gasteiger partial charge >= 0.3 is 0 Å². The average molecular weight is 393 g/mol. The maximum absolute atomic E-state index is 12.9. The molecular weight excluding hydrogens is 372 g/mol. The first-order valence-corrected chi connectivity index (χ1v) is 9.79.